The lowest BCUT2D eigenvalue weighted by molar-refractivity contribution is 0.109. The van der Waals surface area contributed by atoms with Gasteiger partial charge in [-0.25, -0.2) is 0 Å². The van der Waals surface area contributed by atoms with Crippen LogP contribution in [0.25, 0.3) is 0 Å². The summed E-state index contributed by atoms with van der Waals surface area (Å²) in [6.45, 7) is 3.83. The van der Waals surface area contributed by atoms with Gasteiger partial charge >= 0.3 is 0 Å². The smallest absolute Gasteiger partial charge is 0.0591 e. The van der Waals surface area contributed by atoms with Gasteiger partial charge in [0.15, 0.2) is 0 Å². The molecular formula is C4H9BNO-. The predicted octanol–water partition coefficient (Wildman–Crippen LogP) is -0.775. The van der Waals surface area contributed by atoms with Crippen LogP contribution in [0, 0.1) is 0 Å². The summed E-state index contributed by atoms with van der Waals surface area (Å²) in [6, 6.07) is 0. The number of rotatable bonds is 0. The van der Waals surface area contributed by atoms with E-state index in [0.717, 1.165) is 26.3 Å². The van der Waals surface area contributed by atoms with Crippen LogP contribution in [0.2, 0.25) is 0 Å². The summed E-state index contributed by atoms with van der Waals surface area (Å²) in [4.78, 5) is 0. The van der Waals surface area contributed by atoms with Gasteiger partial charge < -0.3 is 18.5 Å². The minimum absolute atomic E-state index is 0. The molecule has 0 saturated carbocycles. The van der Waals surface area contributed by atoms with Gasteiger partial charge in [0.2, 0.25) is 0 Å². The van der Waals surface area contributed by atoms with E-state index in [-0.39, 0.29) is 8.41 Å². The molecule has 1 aliphatic heterocycles. The van der Waals surface area contributed by atoms with Crippen molar-refractivity contribution < 1.29 is 4.74 Å². The van der Waals surface area contributed by atoms with E-state index in [1.807, 2.05) is 0 Å². The largest absolute Gasteiger partial charge is 1.00 e. The highest BCUT2D eigenvalue weighted by Crippen LogP contribution is 1.76. The SMILES string of the molecule is C1COCCN1.[B-]. The standard InChI is InChI=1S/C4H9NO.B/c1-3-6-4-2-5-1;/h5H,1-4H2;/q;-1. The Morgan fingerprint density at radius 2 is 1.71 bits per heavy atom. The van der Waals surface area contributed by atoms with E-state index in [1.54, 1.807) is 0 Å². The Bertz CT molecular complexity index is 27.2. The van der Waals surface area contributed by atoms with Crippen molar-refractivity contribution in [3.05, 3.63) is 0 Å². The van der Waals surface area contributed by atoms with Gasteiger partial charge in [-0.1, -0.05) is 0 Å². The molecule has 1 saturated heterocycles. The lowest BCUT2D eigenvalue weighted by Gasteiger charge is -2.10. The van der Waals surface area contributed by atoms with Crippen LogP contribution >= 0.6 is 0 Å². The second-order valence-corrected chi connectivity index (χ2v) is 1.36. The molecule has 0 aliphatic carbocycles. The summed E-state index contributed by atoms with van der Waals surface area (Å²) >= 11 is 0. The second-order valence-electron chi connectivity index (χ2n) is 1.36. The maximum Gasteiger partial charge on any atom is 0.0591 e. The van der Waals surface area contributed by atoms with Crippen LogP contribution in [0.1, 0.15) is 0 Å². The van der Waals surface area contributed by atoms with Crippen LogP contribution < -0.4 is 5.32 Å². The van der Waals surface area contributed by atoms with Gasteiger partial charge in [0.25, 0.3) is 0 Å². The number of hydrogen-bond acceptors (Lipinski definition) is 2. The Kier molecular flexibility index (Phi) is 4.14. The van der Waals surface area contributed by atoms with E-state index in [1.165, 1.54) is 0 Å². The molecule has 0 aromatic heterocycles. The van der Waals surface area contributed by atoms with Crippen LogP contribution in [-0.4, -0.2) is 34.7 Å². The zero-order valence-corrected chi connectivity index (χ0v) is 4.31. The average molecular weight is 97.9 g/mol. The summed E-state index contributed by atoms with van der Waals surface area (Å²) in [5.74, 6) is 0. The van der Waals surface area contributed by atoms with E-state index < -0.39 is 0 Å². The average Bonchev–Trinajstić information content (AvgIpc) is 1.72. The molecule has 0 aromatic rings. The van der Waals surface area contributed by atoms with E-state index in [0.29, 0.717) is 0 Å². The van der Waals surface area contributed by atoms with Crippen molar-refractivity contribution in [2.24, 2.45) is 0 Å². The van der Waals surface area contributed by atoms with Crippen LogP contribution in [0.5, 0.6) is 0 Å². The molecule has 0 unspecified atom stereocenters. The summed E-state index contributed by atoms with van der Waals surface area (Å²) in [5, 5.41) is 3.16. The quantitative estimate of drug-likeness (QED) is 0.401. The first-order valence-electron chi connectivity index (χ1n) is 2.28. The first-order chi connectivity index (χ1) is 3.00. The Labute approximate surface area is 45.8 Å². The highest BCUT2D eigenvalue weighted by molar-refractivity contribution is 5.75. The third kappa shape index (κ3) is 2.65. The Morgan fingerprint density at radius 1 is 1.14 bits per heavy atom. The fourth-order valence-electron chi connectivity index (χ4n) is 0.516. The van der Waals surface area contributed by atoms with Crippen molar-refractivity contribution in [2.75, 3.05) is 26.3 Å². The molecule has 0 atom stereocenters. The fraction of sp³-hybridized carbons (Fsp3) is 1.00. The molecule has 0 amide bonds. The Balaban J connectivity index is 0.000000360. The first-order valence-corrected chi connectivity index (χ1v) is 2.28. The first kappa shape index (κ1) is 6.98. The van der Waals surface area contributed by atoms with Crippen LogP contribution in [0.4, 0.5) is 0 Å². The van der Waals surface area contributed by atoms with Crippen molar-refractivity contribution in [3.8, 4) is 0 Å². The van der Waals surface area contributed by atoms with E-state index in [9.17, 15) is 0 Å². The number of nitrogens with one attached hydrogen (secondary N) is 1. The van der Waals surface area contributed by atoms with Crippen LogP contribution in [-0.2, 0) is 4.74 Å². The summed E-state index contributed by atoms with van der Waals surface area (Å²) in [6.07, 6.45) is 0. The lowest BCUT2D eigenvalue weighted by Crippen LogP contribution is -2.30. The molecule has 0 aromatic carbocycles. The van der Waals surface area contributed by atoms with Gasteiger partial charge in [-0.3, -0.25) is 0 Å². The van der Waals surface area contributed by atoms with Crippen molar-refractivity contribution in [1.29, 1.82) is 0 Å². The predicted molar refractivity (Wildman–Crippen MR) is 29.4 cm³/mol. The molecule has 1 aliphatic rings. The molecule has 0 bridgehead atoms. The molecule has 0 spiro atoms. The highest BCUT2D eigenvalue weighted by atomic mass is 16.5. The topological polar surface area (TPSA) is 21.3 Å². The van der Waals surface area contributed by atoms with E-state index >= 15 is 0 Å². The maximum absolute atomic E-state index is 5.01. The van der Waals surface area contributed by atoms with Crippen molar-refractivity contribution in [1.82, 2.24) is 5.32 Å². The molecule has 3 heteroatoms. The van der Waals surface area contributed by atoms with Crippen LogP contribution in [0.15, 0.2) is 0 Å². The number of ether oxygens (including phenoxy) is 1. The third-order valence-electron chi connectivity index (χ3n) is 0.846. The molecule has 2 nitrogen and oxygen atoms in total. The minimum atomic E-state index is 0. The molecule has 7 heavy (non-hydrogen) atoms. The van der Waals surface area contributed by atoms with Crippen LogP contribution in [0.3, 0.4) is 0 Å². The Morgan fingerprint density at radius 3 is 1.86 bits per heavy atom. The molecule has 1 rings (SSSR count). The minimum Gasteiger partial charge on any atom is -1.00 e. The van der Waals surface area contributed by atoms with Crippen molar-refractivity contribution in [3.63, 3.8) is 0 Å². The summed E-state index contributed by atoms with van der Waals surface area (Å²) < 4.78 is 5.01. The second kappa shape index (κ2) is 4.15. The maximum atomic E-state index is 5.01. The summed E-state index contributed by atoms with van der Waals surface area (Å²) in [7, 11) is 0. The normalized spacial score (nSPS) is 20.6. The lowest BCUT2D eigenvalue weighted by atomic mass is 10.5. The molecule has 1 N–H and O–H groups in total. The zero-order chi connectivity index (χ0) is 4.24. The van der Waals surface area contributed by atoms with Gasteiger partial charge in [-0.15, -0.1) is 0 Å². The van der Waals surface area contributed by atoms with E-state index in [2.05, 4.69) is 5.32 Å². The molecular weight excluding hydrogens is 88.9 g/mol. The third-order valence-corrected chi connectivity index (χ3v) is 0.846. The molecule has 4 radical (unpaired) electrons. The molecule has 40 valence electrons. The van der Waals surface area contributed by atoms with Gasteiger partial charge in [0, 0.05) is 13.1 Å². The monoisotopic (exact) mass is 98.1 g/mol. The van der Waals surface area contributed by atoms with Gasteiger partial charge in [0.05, 0.1) is 13.2 Å². The van der Waals surface area contributed by atoms with E-state index in [4.69, 9.17) is 4.74 Å². The van der Waals surface area contributed by atoms with Crippen molar-refractivity contribution in [2.45, 2.75) is 0 Å². The van der Waals surface area contributed by atoms with Gasteiger partial charge in [-0.2, -0.15) is 0 Å². The number of morpholine rings is 1. The Hall–Kier alpha value is -0.0151. The van der Waals surface area contributed by atoms with Gasteiger partial charge in [-0.05, 0) is 0 Å². The molecule has 1 fully saturated rings. The highest BCUT2D eigenvalue weighted by Gasteiger charge is 1.92. The summed E-state index contributed by atoms with van der Waals surface area (Å²) in [5.41, 5.74) is 0. The van der Waals surface area contributed by atoms with Crippen molar-refractivity contribution >= 4 is 8.41 Å². The number of hydrogen-bond donors (Lipinski definition) is 1. The zero-order valence-electron chi connectivity index (χ0n) is 4.31. The van der Waals surface area contributed by atoms with Gasteiger partial charge in [0.1, 0.15) is 0 Å². The molecule has 1 heterocycles. The fourth-order valence-corrected chi connectivity index (χ4v) is 0.516.